The number of hydrogen-bond acceptors (Lipinski definition) is 6. The molecule has 202 valence electrons. The number of nitrogens with zero attached hydrogens (tertiary/aromatic N) is 3. The maximum absolute atomic E-state index is 13.0. The minimum Gasteiger partial charge on any atom is -0.480 e. The van der Waals surface area contributed by atoms with Crippen molar-refractivity contribution in [2.45, 2.75) is 52.1 Å². The van der Waals surface area contributed by atoms with Crippen LogP contribution < -0.4 is 21.3 Å². The van der Waals surface area contributed by atoms with Crippen LogP contribution in [0.25, 0.3) is 5.69 Å². The zero-order valence-electron chi connectivity index (χ0n) is 21.1. The lowest BCUT2D eigenvalue weighted by Gasteiger charge is -2.22. The number of nitrogens with one attached hydrogen (secondary N) is 5. The third-order valence-corrected chi connectivity index (χ3v) is 5.67. The Morgan fingerprint density at radius 1 is 1.11 bits per heavy atom. The van der Waals surface area contributed by atoms with Crippen molar-refractivity contribution < 1.29 is 19.5 Å². The van der Waals surface area contributed by atoms with E-state index in [1.54, 1.807) is 32.2 Å². The summed E-state index contributed by atoms with van der Waals surface area (Å²) in [4.78, 5) is 41.9. The maximum Gasteiger partial charge on any atom is 0.326 e. The van der Waals surface area contributed by atoms with Crippen molar-refractivity contribution in [1.29, 1.82) is 5.41 Å². The van der Waals surface area contributed by atoms with Gasteiger partial charge >= 0.3 is 5.97 Å². The Morgan fingerprint density at radius 2 is 1.76 bits per heavy atom. The van der Waals surface area contributed by atoms with Gasteiger partial charge in [0.25, 0.3) is 5.91 Å². The molecule has 0 unspecified atom stereocenters. The van der Waals surface area contributed by atoms with E-state index >= 15 is 0 Å². The Morgan fingerprint density at radius 3 is 2.32 bits per heavy atom. The average molecular weight is 555 g/mol. The monoisotopic (exact) mass is 554 g/mol. The van der Waals surface area contributed by atoms with Gasteiger partial charge in [-0.3, -0.25) is 15.0 Å². The van der Waals surface area contributed by atoms with Crippen molar-refractivity contribution in [1.82, 2.24) is 36.0 Å². The van der Waals surface area contributed by atoms with Gasteiger partial charge in [0.05, 0.1) is 5.69 Å². The molecule has 1 heterocycles. The molecule has 0 spiro atoms. The first-order valence-corrected chi connectivity index (χ1v) is 12.4. The fraction of sp³-hybridized carbons (Fsp3) is 0.478. The van der Waals surface area contributed by atoms with Crippen molar-refractivity contribution in [2.24, 2.45) is 5.92 Å². The zero-order valence-corrected chi connectivity index (χ0v) is 22.6. The van der Waals surface area contributed by atoms with Crippen LogP contribution in [0.2, 0.25) is 10.0 Å². The van der Waals surface area contributed by atoms with Gasteiger partial charge in [0.15, 0.2) is 5.96 Å². The van der Waals surface area contributed by atoms with E-state index in [0.29, 0.717) is 34.5 Å². The highest BCUT2D eigenvalue weighted by atomic mass is 35.5. The highest BCUT2D eigenvalue weighted by Crippen LogP contribution is 2.22. The Hall–Kier alpha value is -3.38. The van der Waals surface area contributed by atoms with Crippen LogP contribution in [-0.4, -0.2) is 69.3 Å². The minimum absolute atomic E-state index is 0.0299. The molecule has 0 fully saturated rings. The summed E-state index contributed by atoms with van der Waals surface area (Å²) in [6.07, 6.45) is 0.821. The van der Waals surface area contributed by atoms with E-state index in [4.69, 9.17) is 28.6 Å². The number of carboxylic acids is 1. The molecule has 1 aromatic heterocycles. The van der Waals surface area contributed by atoms with E-state index in [1.807, 2.05) is 13.8 Å². The van der Waals surface area contributed by atoms with Crippen LogP contribution in [0, 0.1) is 18.3 Å². The Bertz CT molecular complexity index is 1120. The molecular formula is C23H32Cl2N8O4. The molecule has 0 saturated carbocycles. The number of halogens is 2. The normalized spacial score (nSPS) is 12.5. The van der Waals surface area contributed by atoms with Crippen LogP contribution in [0.3, 0.4) is 0 Å². The molecule has 37 heavy (non-hydrogen) atoms. The second-order valence-electron chi connectivity index (χ2n) is 8.77. The molecule has 1 aromatic carbocycles. The summed E-state index contributed by atoms with van der Waals surface area (Å²) in [5.41, 5.74) is 0.506. The van der Waals surface area contributed by atoms with Crippen molar-refractivity contribution in [2.75, 3.05) is 13.6 Å². The molecule has 0 bridgehead atoms. The summed E-state index contributed by atoms with van der Waals surface area (Å²) in [5, 5.41) is 32.7. The van der Waals surface area contributed by atoms with Crippen LogP contribution in [0.4, 0.5) is 0 Å². The molecule has 0 aliphatic carbocycles. The van der Waals surface area contributed by atoms with E-state index in [2.05, 4.69) is 31.3 Å². The van der Waals surface area contributed by atoms with Gasteiger partial charge in [0.2, 0.25) is 11.7 Å². The number of carbonyl (C=O) groups is 3. The number of benzene rings is 1. The number of aromatic nitrogens is 3. The fourth-order valence-electron chi connectivity index (χ4n) is 3.46. The van der Waals surface area contributed by atoms with Gasteiger partial charge in [0, 0.05) is 23.6 Å². The van der Waals surface area contributed by atoms with E-state index in [0.717, 1.165) is 0 Å². The minimum atomic E-state index is -1.16. The van der Waals surface area contributed by atoms with Gasteiger partial charge < -0.3 is 26.4 Å². The van der Waals surface area contributed by atoms with Crippen LogP contribution >= 0.6 is 23.2 Å². The lowest BCUT2D eigenvalue weighted by molar-refractivity contribution is -0.142. The van der Waals surface area contributed by atoms with Crippen LogP contribution in [0.1, 0.15) is 49.6 Å². The van der Waals surface area contributed by atoms with Crippen molar-refractivity contribution >= 4 is 46.9 Å². The molecule has 6 N–H and O–H groups in total. The quantitative estimate of drug-likeness (QED) is 0.131. The molecule has 2 aromatic rings. The Labute approximate surface area is 225 Å². The molecule has 12 nitrogen and oxygen atoms in total. The molecule has 2 atom stereocenters. The highest BCUT2D eigenvalue weighted by Gasteiger charge is 2.28. The van der Waals surface area contributed by atoms with Crippen LogP contribution in [-0.2, 0) is 9.59 Å². The first-order valence-electron chi connectivity index (χ1n) is 11.7. The molecular weight excluding hydrogens is 523 g/mol. The van der Waals surface area contributed by atoms with E-state index in [1.165, 1.54) is 4.68 Å². The predicted octanol–water partition coefficient (Wildman–Crippen LogP) is 2.12. The summed E-state index contributed by atoms with van der Waals surface area (Å²) in [7, 11) is 1.60. The SMILES string of the molecule is CNC(=N)NCCC[C@H](NC(=O)c1nc(C)n(-c2cc(Cl)cc(Cl)c2)n1)C(=O)N[C@@H](CC(C)C)C(=O)O. The second kappa shape index (κ2) is 13.8. The first kappa shape index (κ1) is 29.8. The maximum atomic E-state index is 13.0. The number of carbonyl (C=O) groups excluding carboxylic acids is 2. The van der Waals surface area contributed by atoms with E-state index < -0.39 is 29.9 Å². The number of aliphatic carboxylic acids is 1. The number of rotatable bonds is 12. The smallest absolute Gasteiger partial charge is 0.326 e. The van der Waals surface area contributed by atoms with E-state index in [9.17, 15) is 19.5 Å². The molecule has 0 radical (unpaired) electrons. The Kier molecular flexibility index (Phi) is 11.1. The number of carboxylic acid groups (broad SMARTS) is 1. The number of hydrogen-bond donors (Lipinski definition) is 6. The summed E-state index contributed by atoms with van der Waals surface area (Å²) in [6.45, 7) is 5.70. The number of guanidine groups is 1. The van der Waals surface area contributed by atoms with E-state index in [-0.39, 0.29) is 30.5 Å². The van der Waals surface area contributed by atoms with Crippen LogP contribution in [0.15, 0.2) is 18.2 Å². The van der Waals surface area contributed by atoms with Crippen LogP contribution in [0.5, 0.6) is 0 Å². The number of amides is 2. The average Bonchev–Trinajstić information content (AvgIpc) is 3.20. The summed E-state index contributed by atoms with van der Waals surface area (Å²) < 4.78 is 1.40. The Balaban J connectivity index is 2.21. The molecule has 2 amide bonds. The molecule has 14 heteroatoms. The van der Waals surface area contributed by atoms with Gasteiger partial charge in [-0.25, -0.2) is 14.5 Å². The lowest BCUT2D eigenvalue weighted by atomic mass is 10.0. The second-order valence-corrected chi connectivity index (χ2v) is 9.64. The van der Waals surface area contributed by atoms with Gasteiger partial charge in [-0.15, -0.1) is 5.10 Å². The lowest BCUT2D eigenvalue weighted by Crippen LogP contribution is -2.52. The van der Waals surface area contributed by atoms with Crippen molar-refractivity contribution in [3.8, 4) is 5.69 Å². The topological polar surface area (TPSA) is 174 Å². The third-order valence-electron chi connectivity index (χ3n) is 5.23. The predicted molar refractivity (Wildman–Crippen MR) is 140 cm³/mol. The molecule has 0 saturated heterocycles. The molecule has 0 aliphatic heterocycles. The van der Waals surface area contributed by atoms with Crippen molar-refractivity contribution in [3.05, 3.63) is 39.9 Å². The van der Waals surface area contributed by atoms with Gasteiger partial charge in [-0.2, -0.15) is 0 Å². The largest absolute Gasteiger partial charge is 0.480 e. The summed E-state index contributed by atoms with van der Waals surface area (Å²) in [5.74, 6) is -2.15. The summed E-state index contributed by atoms with van der Waals surface area (Å²) >= 11 is 12.2. The zero-order chi connectivity index (χ0) is 27.7. The van der Waals surface area contributed by atoms with Gasteiger partial charge in [-0.1, -0.05) is 37.0 Å². The van der Waals surface area contributed by atoms with Gasteiger partial charge in [-0.05, 0) is 50.3 Å². The first-order chi connectivity index (χ1) is 17.4. The molecule has 0 aliphatic rings. The summed E-state index contributed by atoms with van der Waals surface area (Å²) in [6, 6.07) is 2.63. The number of aryl methyl sites for hydroxylation is 1. The standard InChI is InChI=1S/C23H32Cl2N8O4/c1-12(2)8-18(22(36)37)31-20(34)17(6-5-7-28-23(26)27-4)30-21(35)19-29-13(3)33(32-19)16-10-14(24)9-15(25)11-16/h9-12,17-18H,5-8H2,1-4H3,(H,30,35)(H,31,34)(H,36,37)(H3,26,27,28)/t17-,18-/m0/s1. The molecule has 2 rings (SSSR count). The van der Waals surface area contributed by atoms with Gasteiger partial charge in [0.1, 0.15) is 17.9 Å². The fourth-order valence-corrected chi connectivity index (χ4v) is 3.97. The van der Waals surface area contributed by atoms with Crippen molar-refractivity contribution in [3.63, 3.8) is 0 Å². The third kappa shape index (κ3) is 9.21. The highest BCUT2D eigenvalue weighted by molar-refractivity contribution is 6.34.